The van der Waals surface area contributed by atoms with Gasteiger partial charge in [-0.3, -0.25) is 9.59 Å². The van der Waals surface area contributed by atoms with Gasteiger partial charge in [0, 0.05) is 47.1 Å². The number of nitrogen functional groups attached to an aromatic ring is 2. The summed E-state index contributed by atoms with van der Waals surface area (Å²) in [5.41, 5.74) is 27.1. The molecule has 0 spiro atoms. The van der Waals surface area contributed by atoms with Crippen LogP contribution in [-0.2, 0) is 21.9 Å². The van der Waals surface area contributed by atoms with E-state index in [0.717, 1.165) is 24.3 Å². The molecule has 0 radical (unpaired) electrons. The second-order valence-electron chi connectivity index (χ2n) is 15.7. The molecule has 2 amide bonds. The number of halogens is 6. The Labute approximate surface area is 343 Å². The molecule has 4 aromatic rings. The highest BCUT2D eigenvalue weighted by molar-refractivity contribution is 6.00. The van der Waals surface area contributed by atoms with Crippen molar-refractivity contribution in [3.63, 3.8) is 0 Å². The molecular weight excluding hydrogens is 789 g/mol. The van der Waals surface area contributed by atoms with Gasteiger partial charge in [-0.25, -0.2) is 0 Å². The number of carbonyl (C=O) groups excluding carboxylic acids is 2. The van der Waals surface area contributed by atoms with E-state index in [0.29, 0.717) is 64.4 Å². The monoisotopic (exact) mass is 836 g/mol. The number of nitrogens with one attached hydrogen (secondary N) is 2. The molecule has 10 N–H and O–H groups in total. The molecule has 4 aromatic carbocycles. The van der Waals surface area contributed by atoms with Crippen molar-refractivity contribution in [1.82, 2.24) is 9.80 Å². The van der Waals surface area contributed by atoms with E-state index in [9.17, 15) is 35.9 Å². The zero-order chi connectivity index (χ0) is 43.6. The smallest absolute Gasteiger partial charge is 0.399 e. The average Bonchev–Trinajstić information content (AvgIpc) is 3.66. The van der Waals surface area contributed by atoms with Crippen LogP contribution < -0.4 is 33.6 Å². The quantitative estimate of drug-likeness (QED) is 0.0450. The van der Waals surface area contributed by atoms with Crippen molar-refractivity contribution in [2.45, 2.75) is 30.9 Å². The van der Waals surface area contributed by atoms with Gasteiger partial charge in [-0.1, -0.05) is 36.4 Å². The maximum Gasteiger partial charge on any atom is 0.416 e. The second-order valence-corrected chi connectivity index (χ2v) is 15.7. The van der Waals surface area contributed by atoms with E-state index in [1.165, 1.54) is 24.3 Å². The molecule has 2 atom stereocenters. The number of hydrogen-bond acceptors (Lipinski definition) is 8. The van der Waals surface area contributed by atoms with Gasteiger partial charge in [0.15, 0.2) is 0 Å². The summed E-state index contributed by atoms with van der Waals surface area (Å²) < 4.78 is 81.6. The summed E-state index contributed by atoms with van der Waals surface area (Å²) in [6.45, 7) is 1.82. The molecule has 11 nitrogen and oxygen atoms in total. The van der Waals surface area contributed by atoms with Crippen LogP contribution in [0.5, 0.6) is 0 Å². The minimum atomic E-state index is -4.56. The van der Waals surface area contributed by atoms with Crippen molar-refractivity contribution in [3.8, 4) is 0 Å². The van der Waals surface area contributed by atoms with Crippen LogP contribution in [0.15, 0.2) is 120 Å². The number of alkyl halides is 6. The van der Waals surface area contributed by atoms with Crippen LogP contribution in [0.2, 0.25) is 0 Å². The molecule has 2 aliphatic heterocycles. The summed E-state index contributed by atoms with van der Waals surface area (Å²) >= 11 is 0. The van der Waals surface area contributed by atoms with Crippen LogP contribution in [0.4, 0.5) is 49.1 Å². The molecule has 0 aliphatic carbocycles. The predicted molar refractivity (Wildman–Crippen MR) is 219 cm³/mol. The zero-order valence-electron chi connectivity index (χ0n) is 33.1. The molecule has 2 heterocycles. The molecule has 6 rings (SSSR count). The number of carbonyl (C=O) groups is 2. The van der Waals surface area contributed by atoms with E-state index in [2.05, 4.69) is 10.6 Å². The first-order chi connectivity index (χ1) is 28.2. The topological polar surface area (TPSA) is 169 Å². The van der Waals surface area contributed by atoms with Gasteiger partial charge >= 0.3 is 12.4 Å². The summed E-state index contributed by atoms with van der Waals surface area (Å²) in [7, 11) is 3.95. The first-order valence-electron chi connectivity index (χ1n) is 19.2. The number of hydrogen-bond donors (Lipinski definition) is 6. The van der Waals surface area contributed by atoms with Gasteiger partial charge in [-0.2, -0.15) is 26.3 Å². The van der Waals surface area contributed by atoms with Crippen LogP contribution in [0.1, 0.15) is 40.8 Å². The van der Waals surface area contributed by atoms with E-state index < -0.39 is 35.6 Å². The van der Waals surface area contributed by atoms with Crippen molar-refractivity contribution in [2.24, 2.45) is 11.5 Å². The van der Waals surface area contributed by atoms with Gasteiger partial charge in [0.05, 0.1) is 81.2 Å². The molecule has 2 aliphatic rings. The molecule has 60 heavy (non-hydrogen) atoms. The molecule has 17 heteroatoms. The second kappa shape index (κ2) is 17.3. The number of nitrogens with two attached hydrogens (primary N) is 4. The normalized spacial score (nSPS) is 16.2. The molecule has 0 saturated carbocycles. The van der Waals surface area contributed by atoms with Crippen LogP contribution in [0, 0.1) is 0 Å². The molecule has 318 valence electrons. The molecule has 0 unspecified atom stereocenters. The lowest BCUT2D eigenvalue weighted by Crippen LogP contribution is -2.47. The van der Waals surface area contributed by atoms with Gasteiger partial charge in [0.1, 0.15) is 0 Å². The van der Waals surface area contributed by atoms with Crippen LogP contribution >= 0.6 is 0 Å². The van der Waals surface area contributed by atoms with Crippen LogP contribution in [-0.4, -0.2) is 79.5 Å². The summed E-state index contributed by atoms with van der Waals surface area (Å²) in [5, 5.41) is 6.08. The van der Waals surface area contributed by atoms with Crippen LogP contribution in [0.25, 0.3) is 0 Å². The first kappa shape index (κ1) is 43.5. The van der Waals surface area contributed by atoms with E-state index >= 15 is 0 Å². The molecule has 0 bridgehead atoms. The maximum absolute atomic E-state index is 14.0. The number of nitrogens with zero attached hydrogens (tertiary/aromatic N) is 3. The summed E-state index contributed by atoms with van der Waals surface area (Å²) in [5.74, 6) is -0.702. The third-order valence-electron chi connectivity index (χ3n) is 10.7. The van der Waals surface area contributed by atoms with Gasteiger partial charge < -0.3 is 47.9 Å². The largest absolute Gasteiger partial charge is 0.416 e. The number of likely N-dealkylation sites (N-methyl/N-ethyl adjacent to an activating group) is 1. The molecule has 0 aromatic heterocycles. The highest BCUT2D eigenvalue weighted by atomic mass is 19.4. The fourth-order valence-electron chi connectivity index (χ4n) is 7.34. The Kier molecular flexibility index (Phi) is 12.5. The number of amides is 2. The lowest BCUT2D eigenvalue weighted by atomic mass is 9.98. The Morgan fingerprint density at radius 3 is 1.42 bits per heavy atom. The number of anilines is 4. The van der Waals surface area contributed by atoms with Gasteiger partial charge in [-0.15, -0.1) is 0 Å². The lowest BCUT2D eigenvalue weighted by Gasteiger charge is -2.32. The zero-order valence-corrected chi connectivity index (χ0v) is 33.1. The molecular formula is C43H48F6N9O2+. The third kappa shape index (κ3) is 10.2. The highest BCUT2D eigenvalue weighted by Crippen LogP contribution is 2.36. The minimum Gasteiger partial charge on any atom is -0.399 e. The Morgan fingerprint density at radius 1 is 0.617 bits per heavy atom. The summed E-state index contributed by atoms with van der Waals surface area (Å²) in [4.78, 5) is 31.2. The molecule has 0 fully saturated rings. The highest BCUT2D eigenvalue weighted by Gasteiger charge is 2.38. The van der Waals surface area contributed by atoms with Gasteiger partial charge in [-0.05, 0) is 71.8 Å². The van der Waals surface area contributed by atoms with E-state index in [1.54, 1.807) is 58.3 Å². The fourth-order valence-corrected chi connectivity index (χ4v) is 7.34. The van der Waals surface area contributed by atoms with Crippen molar-refractivity contribution in [2.75, 3.05) is 75.5 Å². The number of benzene rings is 4. The average molecular weight is 837 g/mol. The Bertz CT molecular complexity index is 2270. The first-order valence-corrected chi connectivity index (χ1v) is 19.2. The van der Waals surface area contributed by atoms with Crippen molar-refractivity contribution < 1.29 is 40.4 Å². The third-order valence-corrected chi connectivity index (χ3v) is 10.7. The Morgan fingerprint density at radius 2 is 1.02 bits per heavy atom. The number of rotatable bonds is 15. The summed E-state index contributed by atoms with van der Waals surface area (Å²) in [6, 6.07) is 21.1. The lowest BCUT2D eigenvalue weighted by molar-refractivity contribution is -0.889. The maximum atomic E-state index is 14.0. The fraction of sp³-hybridized carbons (Fsp3) is 0.302. The SMILES string of the molecule is C[N+](C)(CCCN1CC(Nc2cccc(C(F)(F)F)c2)=C([C@H](N)c2ccc(N)cc2)C1=O)CCN1CC(Nc2cccc(C(F)(F)F)c2)=C([C@H](N)c2ccc(N)cc2)C1=O. The summed E-state index contributed by atoms with van der Waals surface area (Å²) in [6.07, 6.45) is -8.59. The Hall–Kier alpha value is -6.04. The Balaban J connectivity index is 1.12. The number of quaternary nitrogens is 1. The standard InChI is InChI=1S/C43H47F6N9O2/c1-58(2,21-19-57-25-35(55-33-9-4-7-29(23-33)43(47,48)49)37(41(57)60)39(53)27-12-16-31(51)17-13-27)20-5-18-56-24-34(54-32-8-3-6-28(22-32)42(44,45)46)36(40(56)59)38(52)26-10-14-30(50)15-11-26/h3-4,6-17,22-23,38-39H,5,18-21,24-25,50-53H2,1-2H3,(H-,54,55,59,60)/p+1/t38-,39-/m1/s1. The predicted octanol–water partition coefficient (Wildman–Crippen LogP) is 6.47. The minimum absolute atomic E-state index is 0.0831. The van der Waals surface area contributed by atoms with E-state index in [1.807, 2.05) is 14.1 Å². The van der Waals surface area contributed by atoms with E-state index in [4.69, 9.17) is 22.9 Å². The van der Waals surface area contributed by atoms with Crippen molar-refractivity contribution in [1.29, 1.82) is 0 Å². The van der Waals surface area contributed by atoms with Gasteiger partial charge in [0.2, 0.25) is 0 Å². The van der Waals surface area contributed by atoms with Crippen molar-refractivity contribution >= 4 is 34.6 Å². The van der Waals surface area contributed by atoms with Gasteiger partial charge in [0.25, 0.3) is 11.8 Å². The molecule has 0 saturated heterocycles. The van der Waals surface area contributed by atoms with E-state index in [-0.39, 0.29) is 54.0 Å². The van der Waals surface area contributed by atoms with Crippen LogP contribution in [0.3, 0.4) is 0 Å². The van der Waals surface area contributed by atoms with Crippen molar-refractivity contribution in [3.05, 3.63) is 142 Å².